The first-order chi connectivity index (χ1) is 19.4. The van der Waals surface area contributed by atoms with Gasteiger partial charge in [-0.2, -0.15) is 8.42 Å². The molecule has 1 fully saturated rings. The summed E-state index contributed by atoms with van der Waals surface area (Å²) in [6.07, 6.45) is 3.03. The first-order valence-corrected chi connectivity index (χ1v) is 14.3. The molecule has 1 N–H and O–H groups in total. The molecule has 11 heteroatoms. The van der Waals surface area contributed by atoms with Gasteiger partial charge in [-0.3, -0.25) is 14.9 Å². The van der Waals surface area contributed by atoms with E-state index < -0.39 is 28.0 Å². The van der Waals surface area contributed by atoms with E-state index in [-0.39, 0.29) is 35.0 Å². The van der Waals surface area contributed by atoms with Crippen LogP contribution < -0.4 is 19.1 Å². The normalized spacial score (nSPS) is 14.7. The Kier molecular flexibility index (Phi) is 8.65. The number of anilines is 1. The summed E-state index contributed by atoms with van der Waals surface area (Å²) < 4.78 is 37.4. The topological polar surface area (TPSA) is 119 Å². The molecule has 0 unspecified atom stereocenters. The highest BCUT2D eigenvalue weighted by Crippen LogP contribution is 2.37. The predicted octanol–water partition coefficient (Wildman–Crippen LogP) is 5.52. The Balaban J connectivity index is 1.78. The molecule has 4 rings (SSSR count). The number of halogens is 1. The molecule has 3 aromatic carbocycles. The largest absolute Gasteiger partial charge is 0.490 e. The molecule has 0 atom stereocenters. The van der Waals surface area contributed by atoms with Gasteiger partial charge in [0.25, 0.3) is 11.8 Å². The Bertz CT molecular complexity index is 1700. The third-order valence-electron chi connectivity index (χ3n) is 6.27. The summed E-state index contributed by atoms with van der Waals surface area (Å²) in [4.78, 5) is 39.6. The third-order valence-corrected chi connectivity index (χ3v) is 7.76. The molecule has 0 radical (unpaired) electrons. The van der Waals surface area contributed by atoms with Crippen molar-refractivity contribution in [1.82, 2.24) is 5.32 Å². The average Bonchev–Trinajstić information content (AvgIpc) is 2.91. The number of amides is 4. The van der Waals surface area contributed by atoms with E-state index in [1.807, 2.05) is 13.8 Å². The Labute approximate surface area is 243 Å². The van der Waals surface area contributed by atoms with Gasteiger partial charge in [-0.15, -0.1) is 6.58 Å². The quantitative estimate of drug-likeness (QED) is 0.150. The predicted molar refractivity (Wildman–Crippen MR) is 156 cm³/mol. The van der Waals surface area contributed by atoms with Gasteiger partial charge in [0.15, 0.2) is 11.5 Å². The summed E-state index contributed by atoms with van der Waals surface area (Å²) in [5, 5.41) is 2.57. The molecule has 0 spiro atoms. The number of imide groups is 2. The number of hydrogen-bond donors (Lipinski definition) is 1. The van der Waals surface area contributed by atoms with Crippen molar-refractivity contribution in [3.8, 4) is 11.5 Å². The fraction of sp³-hybridized carbons (Fsp3) is 0.167. The number of ether oxygens (including phenoxy) is 1. The molecule has 0 aliphatic carbocycles. The van der Waals surface area contributed by atoms with Crippen LogP contribution in [-0.2, 0) is 26.1 Å². The van der Waals surface area contributed by atoms with Gasteiger partial charge in [0.05, 0.1) is 12.3 Å². The molecule has 4 amide bonds. The molecule has 212 valence electrons. The van der Waals surface area contributed by atoms with E-state index in [0.29, 0.717) is 21.8 Å². The molecule has 0 aromatic heterocycles. The van der Waals surface area contributed by atoms with Crippen LogP contribution in [0.25, 0.3) is 6.08 Å². The van der Waals surface area contributed by atoms with Crippen molar-refractivity contribution >= 4 is 51.3 Å². The zero-order chi connectivity index (χ0) is 29.9. The molecule has 1 aliphatic rings. The maximum Gasteiger partial charge on any atom is 0.339 e. The highest BCUT2D eigenvalue weighted by molar-refractivity contribution is 7.87. The van der Waals surface area contributed by atoms with Crippen LogP contribution in [0.4, 0.5) is 10.5 Å². The van der Waals surface area contributed by atoms with Gasteiger partial charge in [-0.25, -0.2) is 9.69 Å². The van der Waals surface area contributed by atoms with Crippen molar-refractivity contribution in [3.63, 3.8) is 0 Å². The highest BCUT2D eigenvalue weighted by atomic mass is 35.5. The minimum atomic E-state index is -4.27. The van der Waals surface area contributed by atoms with E-state index >= 15 is 0 Å². The molecule has 1 aliphatic heterocycles. The van der Waals surface area contributed by atoms with E-state index in [0.717, 1.165) is 16.0 Å². The van der Waals surface area contributed by atoms with E-state index in [9.17, 15) is 22.8 Å². The van der Waals surface area contributed by atoms with Crippen molar-refractivity contribution in [3.05, 3.63) is 100 Å². The SMILES string of the molecule is C=CCc1cc(/C=C2\C(=O)NC(=O)N(c3ccc(C)c(C)c3)C2=O)cc(OCC)c1OS(=O)(=O)c1ccc(Cl)cc1. The molecular weight excluding hydrogens is 568 g/mol. The summed E-state index contributed by atoms with van der Waals surface area (Å²) in [7, 11) is -4.27. The van der Waals surface area contributed by atoms with E-state index in [1.54, 1.807) is 37.3 Å². The second kappa shape index (κ2) is 12.0. The number of barbiturate groups is 1. The van der Waals surface area contributed by atoms with Crippen molar-refractivity contribution in [2.75, 3.05) is 11.5 Å². The van der Waals surface area contributed by atoms with Crippen LogP contribution in [-0.4, -0.2) is 32.9 Å². The summed E-state index contributed by atoms with van der Waals surface area (Å²) >= 11 is 5.89. The Hall–Kier alpha value is -4.41. The maximum absolute atomic E-state index is 13.4. The van der Waals surface area contributed by atoms with Crippen LogP contribution >= 0.6 is 11.6 Å². The van der Waals surface area contributed by atoms with E-state index in [1.165, 1.54) is 36.4 Å². The minimum Gasteiger partial charge on any atom is -0.490 e. The van der Waals surface area contributed by atoms with Gasteiger partial charge >= 0.3 is 16.1 Å². The number of nitrogens with one attached hydrogen (secondary N) is 1. The van der Waals surface area contributed by atoms with Gasteiger partial charge in [-0.1, -0.05) is 23.7 Å². The van der Waals surface area contributed by atoms with Crippen LogP contribution in [0, 0.1) is 13.8 Å². The number of nitrogens with zero attached hydrogens (tertiary/aromatic N) is 1. The average molecular weight is 595 g/mol. The molecule has 1 heterocycles. The van der Waals surface area contributed by atoms with Crippen LogP contribution in [0.3, 0.4) is 0 Å². The summed E-state index contributed by atoms with van der Waals surface area (Å²) in [5.74, 6) is -1.66. The van der Waals surface area contributed by atoms with Crippen LogP contribution in [0.15, 0.2) is 77.7 Å². The smallest absolute Gasteiger partial charge is 0.339 e. The number of carbonyl (C=O) groups is 3. The number of allylic oxidation sites excluding steroid dienone is 1. The first kappa shape index (κ1) is 29.6. The number of hydrogen-bond acceptors (Lipinski definition) is 7. The third kappa shape index (κ3) is 6.34. The van der Waals surface area contributed by atoms with Crippen molar-refractivity contribution in [2.24, 2.45) is 0 Å². The van der Waals surface area contributed by atoms with Gasteiger partial charge in [0.2, 0.25) is 0 Å². The Morgan fingerprint density at radius 1 is 1.00 bits per heavy atom. The van der Waals surface area contributed by atoms with Crippen molar-refractivity contribution in [2.45, 2.75) is 32.1 Å². The van der Waals surface area contributed by atoms with Crippen LogP contribution in [0.1, 0.15) is 29.2 Å². The summed E-state index contributed by atoms with van der Waals surface area (Å²) in [5.41, 5.74) is 2.58. The first-order valence-electron chi connectivity index (χ1n) is 12.5. The number of benzene rings is 3. The van der Waals surface area contributed by atoms with Gasteiger partial charge in [0, 0.05) is 10.6 Å². The lowest BCUT2D eigenvalue weighted by atomic mass is 10.0. The lowest BCUT2D eigenvalue weighted by Crippen LogP contribution is -2.54. The van der Waals surface area contributed by atoms with Crippen LogP contribution in [0.2, 0.25) is 5.02 Å². The highest BCUT2D eigenvalue weighted by Gasteiger charge is 2.37. The Morgan fingerprint density at radius 3 is 2.34 bits per heavy atom. The van der Waals surface area contributed by atoms with Crippen molar-refractivity contribution in [1.29, 1.82) is 0 Å². The monoisotopic (exact) mass is 594 g/mol. The lowest BCUT2D eigenvalue weighted by Gasteiger charge is -2.27. The molecule has 41 heavy (non-hydrogen) atoms. The standard InChI is InChI=1S/C30H27ClN2O7S/c1-5-7-21-15-20(17-26(39-6-2)27(21)40-41(37,38)24-12-9-22(31)10-13-24)16-25-28(34)32-30(36)33(29(25)35)23-11-8-18(3)19(4)14-23/h5,8-17H,1,6-7H2,2-4H3,(H,32,34,36)/b25-16+. The number of urea groups is 1. The lowest BCUT2D eigenvalue weighted by molar-refractivity contribution is -0.122. The summed E-state index contributed by atoms with van der Waals surface area (Å²) in [6, 6.07) is 12.7. The minimum absolute atomic E-state index is 0.0600. The molecule has 0 bridgehead atoms. The second-order valence-corrected chi connectivity index (χ2v) is 11.1. The molecule has 9 nitrogen and oxygen atoms in total. The molecular formula is C30H27ClN2O7S. The second-order valence-electron chi connectivity index (χ2n) is 9.15. The van der Waals surface area contributed by atoms with E-state index in [2.05, 4.69) is 11.9 Å². The summed E-state index contributed by atoms with van der Waals surface area (Å²) in [6.45, 7) is 9.36. The molecule has 0 saturated carbocycles. The molecule has 1 saturated heterocycles. The zero-order valence-electron chi connectivity index (χ0n) is 22.6. The Morgan fingerprint density at radius 2 is 1.71 bits per heavy atom. The van der Waals surface area contributed by atoms with Gasteiger partial charge < -0.3 is 8.92 Å². The van der Waals surface area contributed by atoms with Gasteiger partial charge in [-0.05, 0) is 98.5 Å². The van der Waals surface area contributed by atoms with Crippen molar-refractivity contribution < 1.29 is 31.7 Å². The number of carbonyl (C=O) groups excluding carboxylic acids is 3. The van der Waals surface area contributed by atoms with E-state index in [4.69, 9.17) is 20.5 Å². The number of aryl methyl sites for hydroxylation is 2. The number of rotatable bonds is 9. The fourth-order valence-electron chi connectivity index (χ4n) is 4.11. The maximum atomic E-state index is 13.4. The van der Waals surface area contributed by atoms with Gasteiger partial charge in [0.1, 0.15) is 10.5 Å². The fourth-order valence-corrected chi connectivity index (χ4v) is 5.21. The molecule has 3 aromatic rings. The van der Waals surface area contributed by atoms with Crippen LogP contribution in [0.5, 0.6) is 11.5 Å². The zero-order valence-corrected chi connectivity index (χ0v) is 24.1.